The van der Waals surface area contributed by atoms with Crippen LogP contribution in [0.5, 0.6) is 5.75 Å². The molecule has 0 saturated carbocycles. The highest BCUT2D eigenvalue weighted by atomic mass is 35.5. The molecule has 7 heteroatoms. The van der Waals surface area contributed by atoms with Crippen LogP contribution >= 0.6 is 11.6 Å². The van der Waals surface area contributed by atoms with Gasteiger partial charge in [-0.3, -0.25) is 9.59 Å². The van der Waals surface area contributed by atoms with E-state index < -0.39 is 17.5 Å². The van der Waals surface area contributed by atoms with E-state index in [2.05, 4.69) is 10.3 Å². The van der Waals surface area contributed by atoms with Crippen LogP contribution in [0.4, 0.5) is 10.1 Å². The molecule has 0 unspecified atom stereocenters. The minimum absolute atomic E-state index is 0.169. The van der Waals surface area contributed by atoms with Crippen molar-refractivity contribution in [1.29, 1.82) is 0 Å². The number of halogens is 2. The summed E-state index contributed by atoms with van der Waals surface area (Å²) in [6, 6.07) is 8.57. The van der Waals surface area contributed by atoms with Crippen molar-refractivity contribution in [1.82, 2.24) is 4.98 Å². The van der Waals surface area contributed by atoms with E-state index >= 15 is 0 Å². The number of benzene rings is 2. The Hall–Kier alpha value is -2.86. The quantitative estimate of drug-likeness (QED) is 0.557. The maximum atomic E-state index is 13.2. The first-order valence-corrected chi connectivity index (χ1v) is 7.33. The molecular formula is C17H12ClFN2O3. The number of aromatic nitrogens is 1. The van der Waals surface area contributed by atoms with Crippen molar-refractivity contribution in [3.05, 3.63) is 59.0 Å². The van der Waals surface area contributed by atoms with Gasteiger partial charge in [-0.15, -0.1) is 0 Å². The van der Waals surface area contributed by atoms with Crippen molar-refractivity contribution in [2.24, 2.45) is 0 Å². The molecule has 2 N–H and O–H groups in total. The van der Waals surface area contributed by atoms with Crippen LogP contribution in [0.2, 0.25) is 5.02 Å². The van der Waals surface area contributed by atoms with Crippen LogP contribution in [0.25, 0.3) is 10.9 Å². The smallest absolute Gasteiger partial charge is 0.296 e. The molecule has 3 aromatic rings. The van der Waals surface area contributed by atoms with Gasteiger partial charge in [0.25, 0.3) is 11.7 Å². The Morgan fingerprint density at radius 3 is 2.71 bits per heavy atom. The maximum absolute atomic E-state index is 13.2. The van der Waals surface area contributed by atoms with E-state index in [-0.39, 0.29) is 5.56 Å². The van der Waals surface area contributed by atoms with E-state index in [1.54, 1.807) is 12.1 Å². The molecule has 1 aromatic heterocycles. The minimum atomic E-state index is -0.818. The number of hydrogen-bond donors (Lipinski definition) is 2. The van der Waals surface area contributed by atoms with Gasteiger partial charge < -0.3 is 15.0 Å². The van der Waals surface area contributed by atoms with Crippen molar-refractivity contribution >= 4 is 39.9 Å². The number of methoxy groups -OCH3 is 1. The number of amides is 1. The summed E-state index contributed by atoms with van der Waals surface area (Å²) >= 11 is 5.98. The third-order valence-corrected chi connectivity index (χ3v) is 3.80. The zero-order valence-electron chi connectivity index (χ0n) is 12.5. The molecule has 0 fully saturated rings. The second-order valence-electron chi connectivity index (χ2n) is 5.02. The standard InChI is InChI=1S/C17H12ClFN2O3/c1-24-15-5-3-10(7-13(15)18)21-17(23)16(22)12-8-20-14-6-9(19)2-4-11(12)14/h2-8,20H,1H3,(H,21,23). The number of carbonyl (C=O) groups is 2. The van der Waals surface area contributed by atoms with Crippen LogP contribution in [0.15, 0.2) is 42.6 Å². The average Bonchev–Trinajstić information content (AvgIpc) is 2.97. The first-order chi connectivity index (χ1) is 11.5. The Balaban J connectivity index is 1.84. The van der Waals surface area contributed by atoms with E-state index in [0.29, 0.717) is 27.4 Å². The molecule has 1 amide bonds. The summed E-state index contributed by atoms with van der Waals surface area (Å²) in [6.07, 6.45) is 1.38. The number of carbonyl (C=O) groups excluding carboxylic acids is 2. The summed E-state index contributed by atoms with van der Waals surface area (Å²) in [7, 11) is 1.48. The highest BCUT2D eigenvalue weighted by molar-refractivity contribution is 6.48. The Bertz CT molecular complexity index is 952. The third-order valence-electron chi connectivity index (χ3n) is 3.50. The van der Waals surface area contributed by atoms with Crippen LogP contribution in [0, 0.1) is 5.82 Å². The number of Topliss-reactive ketones (excluding diaryl/α,β-unsaturated/α-hetero) is 1. The Morgan fingerprint density at radius 1 is 1.21 bits per heavy atom. The van der Waals surface area contributed by atoms with Gasteiger partial charge in [-0.25, -0.2) is 4.39 Å². The maximum Gasteiger partial charge on any atom is 0.296 e. The topological polar surface area (TPSA) is 71.2 Å². The van der Waals surface area contributed by atoms with Crippen molar-refractivity contribution in [2.75, 3.05) is 12.4 Å². The highest BCUT2D eigenvalue weighted by Crippen LogP contribution is 2.27. The van der Waals surface area contributed by atoms with Crippen molar-refractivity contribution < 1.29 is 18.7 Å². The van der Waals surface area contributed by atoms with Crippen molar-refractivity contribution in [2.45, 2.75) is 0 Å². The lowest BCUT2D eigenvalue weighted by molar-refractivity contribution is -0.112. The number of H-pyrrole nitrogens is 1. The van der Waals surface area contributed by atoms with E-state index in [4.69, 9.17) is 16.3 Å². The number of fused-ring (bicyclic) bond motifs is 1. The van der Waals surface area contributed by atoms with Crippen LogP contribution < -0.4 is 10.1 Å². The van der Waals surface area contributed by atoms with Crippen LogP contribution in [-0.2, 0) is 4.79 Å². The van der Waals surface area contributed by atoms with E-state index in [9.17, 15) is 14.0 Å². The van der Waals surface area contributed by atoms with Gasteiger partial charge in [0.1, 0.15) is 11.6 Å². The molecule has 3 rings (SSSR count). The zero-order chi connectivity index (χ0) is 17.3. The second-order valence-corrected chi connectivity index (χ2v) is 5.43. The summed E-state index contributed by atoms with van der Waals surface area (Å²) < 4.78 is 18.2. The van der Waals surface area contributed by atoms with Gasteiger partial charge in [0.05, 0.1) is 17.7 Å². The summed E-state index contributed by atoms with van der Waals surface area (Å²) in [5, 5.41) is 3.27. The molecule has 122 valence electrons. The van der Waals surface area contributed by atoms with Gasteiger partial charge in [-0.1, -0.05) is 11.6 Å². The molecule has 0 aliphatic carbocycles. The van der Waals surface area contributed by atoms with E-state index in [0.717, 1.165) is 0 Å². The molecule has 2 aromatic carbocycles. The van der Waals surface area contributed by atoms with Gasteiger partial charge in [0.2, 0.25) is 0 Å². The lowest BCUT2D eigenvalue weighted by Crippen LogP contribution is -2.22. The molecule has 0 radical (unpaired) electrons. The largest absolute Gasteiger partial charge is 0.495 e. The number of rotatable bonds is 4. The van der Waals surface area contributed by atoms with Crippen LogP contribution in [-0.4, -0.2) is 23.8 Å². The normalized spacial score (nSPS) is 10.6. The predicted octanol–water partition coefficient (Wildman–Crippen LogP) is 3.79. The number of hydrogen-bond acceptors (Lipinski definition) is 3. The summed E-state index contributed by atoms with van der Waals surface area (Å²) in [4.78, 5) is 27.3. The molecule has 0 spiro atoms. The van der Waals surface area contributed by atoms with Gasteiger partial charge >= 0.3 is 0 Å². The van der Waals surface area contributed by atoms with Crippen molar-refractivity contribution in [3.8, 4) is 5.75 Å². The Morgan fingerprint density at radius 2 is 2.00 bits per heavy atom. The number of nitrogens with one attached hydrogen (secondary N) is 2. The van der Waals surface area contributed by atoms with Gasteiger partial charge in [-0.2, -0.15) is 0 Å². The molecule has 1 heterocycles. The van der Waals surface area contributed by atoms with Crippen LogP contribution in [0.1, 0.15) is 10.4 Å². The SMILES string of the molecule is COc1ccc(NC(=O)C(=O)c2c[nH]c3cc(F)ccc23)cc1Cl. The summed E-state index contributed by atoms with van der Waals surface area (Å²) in [5.41, 5.74) is 0.978. The minimum Gasteiger partial charge on any atom is -0.495 e. The molecule has 0 atom stereocenters. The lowest BCUT2D eigenvalue weighted by Gasteiger charge is -2.07. The molecule has 0 saturated heterocycles. The number of aromatic amines is 1. The zero-order valence-corrected chi connectivity index (χ0v) is 13.3. The summed E-state index contributed by atoms with van der Waals surface area (Å²) in [6.45, 7) is 0. The highest BCUT2D eigenvalue weighted by Gasteiger charge is 2.20. The molecular weight excluding hydrogens is 335 g/mol. The van der Waals surface area contributed by atoms with E-state index in [1.807, 2.05) is 0 Å². The van der Waals surface area contributed by atoms with Gasteiger partial charge in [-0.05, 0) is 36.4 Å². The lowest BCUT2D eigenvalue weighted by atomic mass is 10.1. The van der Waals surface area contributed by atoms with Crippen molar-refractivity contribution in [3.63, 3.8) is 0 Å². The fraction of sp³-hybridized carbons (Fsp3) is 0.0588. The predicted molar refractivity (Wildman–Crippen MR) is 89.2 cm³/mol. The second kappa shape index (κ2) is 6.33. The fourth-order valence-electron chi connectivity index (χ4n) is 2.34. The Kier molecular flexibility index (Phi) is 4.22. The first kappa shape index (κ1) is 16.0. The van der Waals surface area contributed by atoms with Crippen LogP contribution in [0.3, 0.4) is 0 Å². The van der Waals surface area contributed by atoms with E-state index in [1.165, 1.54) is 37.6 Å². The molecule has 24 heavy (non-hydrogen) atoms. The monoisotopic (exact) mass is 346 g/mol. The summed E-state index contributed by atoms with van der Waals surface area (Å²) in [5.74, 6) is -1.53. The average molecular weight is 347 g/mol. The Labute approximate surface area is 141 Å². The van der Waals surface area contributed by atoms with Gasteiger partial charge in [0, 0.05) is 22.8 Å². The molecule has 0 bridgehead atoms. The molecule has 0 aliphatic heterocycles. The number of ketones is 1. The first-order valence-electron chi connectivity index (χ1n) is 6.95. The molecule has 5 nitrogen and oxygen atoms in total. The fourth-order valence-corrected chi connectivity index (χ4v) is 2.60. The number of ether oxygens (including phenoxy) is 1. The third kappa shape index (κ3) is 2.96. The number of anilines is 1. The molecule has 0 aliphatic rings. The van der Waals surface area contributed by atoms with Gasteiger partial charge in [0.15, 0.2) is 0 Å².